The Kier molecular flexibility index (Phi) is 3.62. The molecule has 0 unspecified atom stereocenters. The summed E-state index contributed by atoms with van der Waals surface area (Å²) in [5, 5.41) is 4.35. The van der Waals surface area contributed by atoms with Crippen molar-refractivity contribution in [2.24, 2.45) is 12.8 Å². The number of nitrogens with zero attached hydrogens (tertiary/aromatic N) is 2. The molecular formula is C13H16FN3O. The lowest BCUT2D eigenvalue weighted by atomic mass is 10.1. The average Bonchev–Trinajstić information content (AvgIpc) is 2.71. The van der Waals surface area contributed by atoms with Crippen LogP contribution in [0.5, 0.6) is 5.75 Å². The first-order chi connectivity index (χ1) is 8.65. The quantitative estimate of drug-likeness (QED) is 0.898. The molecule has 1 aromatic heterocycles. The van der Waals surface area contributed by atoms with Gasteiger partial charge in [-0.15, -0.1) is 0 Å². The number of benzene rings is 1. The minimum Gasteiger partial charge on any atom is -0.494 e. The maximum Gasteiger partial charge on any atom is 0.165 e. The number of methoxy groups -OCH3 is 1. The number of ether oxygens (including phenoxy) is 1. The molecule has 0 atom stereocenters. The number of aryl methyl sites for hydroxylation is 1. The summed E-state index contributed by atoms with van der Waals surface area (Å²) < 4.78 is 20.3. The van der Waals surface area contributed by atoms with Gasteiger partial charge in [-0.2, -0.15) is 5.10 Å². The molecule has 0 amide bonds. The first kappa shape index (κ1) is 12.6. The Labute approximate surface area is 105 Å². The molecule has 0 aliphatic heterocycles. The molecule has 0 bridgehead atoms. The van der Waals surface area contributed by atoms with Crippen molar-refractivity contribution in [1.29, 1.82) is 0 Å². The van der Waals surface area contributed by atoms with Crippen molar-refractivity contribution in [3.05, 3.63) is 35.8 Å². The third-order valence-corrected chi connectivity index (χ3v) is 2.74. The van der Waals surface area contributed by atoms with Crippen LogP contribution in [-0.2, 0) is 13.5 Å². The minimum atomic E-state index is -0.389. The van der Waals surface area contributed by atoms with E-state index in [1.807, 2.05) is 13.2 Å². The monoisotopic (exact) mass is 249 g/mol. The van der Waals surface area contributed by atoms with Crippen molar-refractivity contribution < 1.29 is 9.13 Å². The van der Waals surface area contributed by atoms with E-state index in [0.29, 0.717) is 6.54 Å². The maximum absolute atomic E-state index is 13.7. The number of halogens is 1. The SMILES string of the molecule is COc1ccc(-c2nn(C)cc2CCN)cc1F. The van der Waals surface area contributed by atoms with Crippen molar-refractivity contribution >= 4 is 0 Å². The summed E-state index contributed by atoms with van der Waals surface area (Å²) in [4.78, 5) is 0. The predicted molar refractivity (Wildman–Crippen MR) is 67.9 cm³/mol. The normalized spacial score (nSPS) is 10.7. The molecule has 2 rings (SSSR count). The number of rotatable bonds is 4. The van der Waals surface area contributed by atoms with E-state index in [4.69, 9.17) is 10.5 Å². The first-order valence-corrected chi connectivity index (χ1v) is 5.72. The summed E-state index contributed by atoms with van der Waals surface area (Å²) in [7, 11) is 3.28. The highest BCUT2D eigenvalue weighted by Gasteiger charge is 2.12. The Balaban J connectivity index is 2.44. The van der Waals surface area contributed by atoms with Crippen molar-refractivity contribution in [2.45, 2.75) is 6.42 Å². The molecule has 0 saturated carbocycles. The van der Waals surface area contributed by atoms with Crippen LogP contribution in [0.1, 0.15) is 5.56 Å². The maximum atomic E-state index is 13.7. The van der Waals surface area contributed by atoms with Gasteiger partial charge >= 0.3 is 0 Å². The Bertz CT molecular complexity index is 551. The largest absolute Gasteiger partial charge is 0.494 e. The van der Waals surface area contributed by atoms with E-state index < -0.39 is 0 Å². The zero-order valence-electron chi connectivity index (χ0n) is 10.5. The third-order valence-electron chi connectivity index (χ3n) is 2.74. The van der Waals surface area contributed by atoms with Gasteiger partial charge in [0.05, 0.1) is 12.8 Å². The first-order valence-electron chi connectivity index (χ1n) is 5.72. The van der Waals surface area contributed by atoms with Crippen LogP contribution < -0.4 is 10.5 Å². The predicted octanol–water partition coefficient (Wildman–Crippen LogP) is 1.74. The average molecular weight is 249 g/mol. The highest BCUT2D eigenvalue weighted by molar-refractivity contribution is 5.63. The number of hydrogen-bond donors (Lipinski definition) is 1. The van der Waals surface area contributed by atoms with Crippen molar-refractivity contribution in [1.82, 2.24) is 9.78 Å². The molecule has 0 aliphatic rings. The second-order valence-electron chi connectivity index (χ2n) is 4.06. The van der Waals surface area contributed by atoms with Gasteiger partial charge in [-0.25, -0.2) is 4.39 Å². The van der Waals surface area contributed by atoms with Crippen molar-refractivity contribution in [2.75, 3.05) is 13.7 Å². The standard InChI is InChI=1S/C13H16FN3O/c1-17-8-10(5-6-15)13(16-17)9-3-4-12(18-2)11(14)7-9/h3-4,7-8H,5-6,15H2,1-2H3. The van der Waals surface area contributed by atoms with Gasteiger partial charge in [0.1, 0.15) is 0 Å². The molecule has 1 aromatic carbocycles. The van der Waals surface area contributed by atoms with Gasteiger partial charge in [-0.3, -0.25) is 4.68 Å². The molecule has 0 saturated heterocycles. The Hall–Kier alpha value is -1.88. The Morgan fingerprint density at radius 3 is 2.83 bits per heavy atom. The summed E-state index contributed by atoms with van der Waals surface area (Å²) in [6.07, 6.45) is 2.63. The number of aromatic nitrogens is 2. The second-order valence-corrected chi connectivity index (χ2v) is 4.06. The Morgan fingerprint density at radius 2 is 2.22 bits per heavy atom. The van der Waals surface area contributed by atoms with Crippen molar-refractivity contribution in [3.63, 3.8) is 0 Å². The molecule has 4 nitrogen and oxygen atoms in total. The van der Waals surface area contributed by atoms with E-state index >= 15 is 0 Å². The molecule has 0 radical (unpaired) electrons. The van der Waals surface area contributed by atoms with Gasteiger partial charge in [0.25, 0.3) is 0 Å². The lowest BCUT2D eigenvalue weighted by Crippen LogP contribution is -2.03. The molecule has 2 aromatic rings. The summed E-state index contributed by atoms with van der Waals surface area (Å²) in [6, 6.07) is 4.83. The van der Waals surface area contributed by atoms with E-state index in [9.17, 15) is 4.39 Å². The van der Waals surface area contributed by atoms with Crippen LogP contribution >= 0.6 is 0 Å². The van der Waals surface area contributed by atoms with Crippen LogP contribution in [0.4, 0.5) is 4.39 Å². The molecule has 5 heteroatoms. The van der Waals surface area contributed by atoms with Crippen LogP contribution in [0.25, 0.3) is 11.3 Å². The molecule has 18 heavy (non-hydrogen) atoms. The van der Waals surface area contributed by atoms with Crippen LogP contribution in [0, 0.1) is 5.82 Å². The van der Waals surface area contributed by atoms with Crippen LogP contribution in [0.15, 0.2) is 24.4 Å². The molecule has 2 N–H and O–H groups in total. The van der Waals surface area contributed by atoms with Crippen molar-refractivity contribution in [3.8, 4) is 17.0 Å². The van der Waals surface area contributed by atoms with E-state index in [-0.39, 0.29) is 11.6 Å². The van der Waals surface area contributed by atoms with Gasteiger partial charge in [-0.05, 0) is 36.7 Å². The lowest BCUT2D eigenvalue weighted by molar-refractivity contribution is 0.386. The zero-order chi connectivity index (χ0) is 13.1. The van der Waals surface area contributed by atoms with E-state index in [2.05, 4.69) is 5.10 Å². The molecule has 0 aliphatic carbocycles. The Morgan fingerprint density at radius 1 is 1.44 bits per heavy atom. The minimum absolute atomic E-state index is 0.232. The fourth-order valence-electron chi connectivity index (χ4n) is 1.93. The smallest absolute Gasteiger partial charge is 0.165 e. The van der Waals surface area contributed by atoms with Crippen LogP contribution in [0.2, 0.25) is 0 Å². The number of nitrogens with two attached hydrogens (primary N) is 1. The lowest BCUT2D eigenvalue weighted by Gasteiger charge is -2.05. The third kappa shape index (κ3) is 2.36. The van der Waals surface area contributed by atoms with Gasteiger partial charge in [0.15, 0.2) is 11.6 Å². The summed E-state index contributed by atoms with van der Waals surface area (Å²) in [5.74, 6) is -0.158. The molecule has 0 spiro atoms. The van der Waals surface area contributed by atoms with E-state index in [1.54, 1.807) is 16.8 Å². The highest BCUT2D eigenvalue weighted by atomic mass is 19.1. The van der Waals surface area contributed by atoms with Crippen LogP contribution in [0.3, 0.4) is 0 Å². The van der Waals surface area contributed by atoms with Crippen LogP contribution in [-0.4, -0.2) is 23.4 Å². The van der Waals surface area contributed by atoms with E-state index in [1.165, 1.54) is 13.2 Å². The highest BCUT2D eigenvalue weighted by Crippen LogP contribution is 2.26. The molecular weight excluding hydrogens is 233 g/mol. The topological polar surface area (TPSA) is 53.1 Å². The van der Waals surface area contributed by atoms with Gasteiger partial charge in [-0.1, -0.05) is 0 Å². The van der Waals surface area contributed by atoms with Gasteiger partial charge < -0.3 is 10.5 Å². The molecule has 0 fully saturated rings. The summed E-state index contributed by atoms with van der Waals surface area (Å²) in [6.45, 7) is 0.539. The molecule has 96 valence electrons. The fourth-order valence-corrected chi connectivity index (χ4v) is 1.93. The fraction of sp³-hybridized carbons (Fsp3) is 0.308. The second kappa shape index (κ2) is 5.18. The summed E-state index contributed by atoms with van der Waals surface area (Å²) >= 11 is 0. The number of hydrogen-bond acceptors (Lipinski definition) is 3. The summed E-state index contributed by atoms with van der Waals surface area (Å²) in [5.41, 5.74) is 8.08. The van der Waals surface area contributed by atoms with E-state index in [0.717, 1.165) is 23.2 Å². The van der Waals surface area contributed by atoms with Gasteiger partial charge in [0.2, 0.25) is 0 Å². The zero-order valence-corrected chi connectivity index (χ0v) is 10.5. The molecule has 1 heterocycles. The van der Waals surface area contributed by atoms with Gasteiger partial charge in [0, 0.05) is 18.8 Å².